The SMILES string of the molecule is CC(C)N1CC(Cc2cccc(O)c2)OC1=O. The quantitative estimate of drug-likeness (QED) is 0.873. The van der Waals surface area contributed by atoms with Crippen molar-refractivity contribution in [1.29, 1.82) is 0 Å². The second-order valence-electron chi connectivity index (χ2n) is 4.63. The first-order chi connectivity index (χ1) is 8.06. The van der Waals surface area contributed by atoms with Crippen LogP contribution in [0, 0.1) is 0 Å². The summed E-state index contributed by atoms with van der Waals surface area (Å²) in [5, 5.41) is 9.36. The third-order valence-electron chi connectivity index (χ3n) is 2.90. The number of phenolic OH excluding ortho intramolecular Hbond substituents is 1. The summed E-state index contributed by atoms with van der Waals surface area (Å²) < 4.78 is 5.28. The fourth-order valence-corrected chi connectivity index (χ4v) is 2.02. The minimum atomic E-state index is -0.245. The Morgan fingerprint density at radius 2 is 2.29 bits per heavy atom. The van der Waals surface area contributed by atoms with Gasteiger partial charge in [0.05, 0.1) is 6.54 Å². The van der Waals surface area contributed by atoms with Crippen LogP contribution < -0.4 is 0 Å². The highest BCUT2D eigenvalue weighted by atomic mass is 16.6. The molecule has 17 heavy (non-hydrogen) atoms. The van der Waals surface area contributed by atoms with E-state index in [9.17, 15) is 9.90 Å². The Morgan fingerprint density at radius 3 is 2.88 bits per heavy atom. The Hall–Kier alpha value is -1.71. The number of cyclic esters (lactones) is 1. The monoisotopic (exact) mass is 235 g/mol. The summed E-state index contributed by atoms with van der Waals surface area (Å²) in [5.74, 6) is 0.243. The molecular formula is C13H17NO3. The lowest BCUT2D eigenvalue weighted by molar-refractivity contribution is 0.129. The van der Waals surface area contributed by atoms with Crippen LogP contribution >= 0.6 is 0 Å². The number of rotatable bonds is 3. The second-order valence-corrected chi connectivity index (χ2v) is 4.63. The summed E-state index contributed by atoms with van der Waals surface area (Å²) in [6, 6.07) is 7.21. The Kier molecular flexibility index (Phi) is 3.22. The smallest absolute Gasteiger partial charge is 0.410 e. The maximum Gasteiger partial charge on any atom is 0.410 e. The molecule has 1 aromatic rings. The van der Waals surface area contributed by atoms with Crippen molar-refractivity contribution in [2.75, 3.05) is 6.54 Å². The number of aromatic hydroxyl groups is 1. The lowest BCUT2D eigenvalue weighted by atomic mass is 10.1. The van der Waals surface area contributed by atoms with Gasteiger partial charge in [-0.3, -0.25) is 0 Å². The first kappa shape index (κ1) is 11.8. The average molecular weight is 235 g/mol. The van der Waals surface area contributed by atoms with Gasteiger partial charge in [0.1, 0.15) is 11.9 Å². The molecule has 1 amide bonds. The number of hydrogen-bond donors (Lipinski definition) is 1. The van der Waals surface area contributed by atoms with Gasteiger partial charge in [0, 0.05) is 12.5 Å². The van der Waals surface area contributed by atoms with Crippen LogP contribution in [0.4, 0.5) is 4.79 Å². The average Bonchev–Trinajstić information content (AvgIpc) is 2.59. The Labute approximate surface area is 101 Å². The van der Waals surface area contributed by atoms with Crippen molar-refractivity contribution in [3.05, 3.63) is 29.8 Å². The number of hydrogen-bond acceptors (Lipinski definition) is 3. The van der Waals surface area contributed by atoms with E-state index in [0.29, 0.717) is 13.0 Å². The summed E-state index contributed by atoms with van der Waals surface area (Å²) in [7, 11) is 0. The highest BCUT2D eigenvalue weighted by Crippen LogP contribution is 2.19. The van der Waals surface area contributed by atoms with E-state index < -0.39 is 0 Å². The van der Waals surface area contributed by atoms with Gasteiger partial charge in [0.15, 0.2) is 0 Å². The molecule has 4 nitrogen and oxygen atoms in total. The number of ether oxygens (including phenoxy) is 1. The molecule has 1 heterocycles. The van der Waals surface area contributed by atoms with Gasteiger partial charge in [-0.1, -0.05) is 12.1 Å². The van der Waals surface area contributed by atoms with E-state index in [1.807, 2.05) is 19.9 Å². The van der Waals surface area contributed by atoms with Gasteiger partial charge in [-0.15, -0.1) is 0 Å². The number of carbonyl (C=O) groups excluding carboxylic acids is 1. The normalized spacial score (nSPS) is 19.8. The molecule has 1 unspecified atom stereocenters. The summed E-state index contributed by atoms with van der Waals surface area (Å²) in [6.07, 6.45) is 0.278. The lowest BCUT2D eigenvalue weighted by Gasteiger charge is -2.16. The third-order valence-corrected chi connectivity index (χ3v) is 2.90. The second kappa shape index (κ2) is 4.65. The van der Waals surface area contributed by atoms with Gasteiger partial charge in [0.25, 0.3) is 0 Å². The van der Waals surface area contributed by atoms with Gasteiger partial charge < -0.3 is 14.7 Å². The van der Waals surface area contributed by atoms with E-state index in [1.165, 1.54) is 0 Å². The van der Waals surface area contributed by atoms with Gasteiger partial charge in [-0.2, -0.15) is 0 Å². The van der Waals surface area contributed by atoms with E-state index in [1.54, 1.807) is 23.1 Å². The highest BCUT2D eigenvalue weighted by Gasteiger charge is 2.32. The molecule has 0 spiro atoms. The summed E-state index contributed by atoms with van der Waals surface area (Å²) in [6.45, 7) is 4.56. The van der Waals surface area contributed by atoms with Crippen LogP contribution in [0.3, 0.4) is 0 Å². The van der Waals surface area contributed by atoms with Crippen LogP contribution in [0.15, 0.2) is 24.3 Å². The molecular weight excluding hydrogens is 218 g/mol. The molecule has 1 aliphatic heterocycles. The Balaban J connectivity index is 2.00. The van der Waals surface area contributed by atoms with Gasteiger partial charge in [0.2, 0.25) is 0 Å². The van der Waals surface area contributed by atoms with Crippen molar-refractivity contribution < 1.29 is 14.6 Å². The number of amides is 1. The largest absolute Gasteiger partial charge is 0.508 e. The van der Waals surface area contributed by atoms with Crippen LogP contribution in [-0.4, -0.2) is 34.8 Å². The fraction of sp³-hybridized carbons (Fsp3) is 0.462. The minimum absolute atomic E-state index is 0.119. The molecule has 1 aliphatic rings. The molecule has 1 atom stereocenters. The van der Waals surface area contributed by atoms with Crippen LogP contribution in [-0.2, 0) is 11.2 Å². The molecule has 92 valence electrons. The maximum atomic E-state index is 11.5. The van der Waals surface area contributed by atoms with E-state index in [2.05, 4.69) is 0 Å². The standard InChI is InChI=1S/C13H17NO3/c1-9(2)14-8-12(17-13(14)16)7-10-4-3-5-11(15)6-10/h3-6,9,12,15H,7-8H2,1-2H3. The molecule has 0 radical (unpaired) electrons. The van der Waals surface area contributed by atoms with E-state index in [0.717, 1.165) is 5.56 Å². The lowest BCUT2D eigenvalue weighted by Crippen LogP contribution is -2.32. The van der Waals surface area contributed by atoms with Crippen LogP contribution in [0.1, 0.15) is 19.4 Å². The first-order valence-corrected chi connectivity index (χ1v) is 5.81. The molecule has 1 saturated heterocycles. The first-order valence-electron chi connectivity index (χ1n) is 5.81. The maximum absolute atomic E-state index is 11.5. The highest BCUT2D eigenvalue weighted by molar-refractivity contribution is 5.70. The van der Waals surface area contributed by atoms with Crippen LogP contribution in [0.2, 0.25) is 0 Å². The zero-order chi connectivity index (χ0) is 12.4. The molecule has 1 fully saturated rings. The van der Waals surface area contributed by atoms with Crippen molar-refractivity contribution in [1.82, 2.24) is 4.90 Å². The Bertz CT molecular complexity index is 417. The van der Waals surface area contributed by atoms with Gasteiger partial charge in [-0.05, 0) is 31.5 Å². The van der Waals surface area contributed by atoms with E-state index in [4.69, 9.17) is 4.74 Å². The zero-order valence-electron chi connectivity index (χ0n) is 10.1. The molecule has 0 aromatic heterocycles. The van der Waals surface area contributed by atoms with Crippen molar-refractivity contribution in [2.24, 2.45) is 0 Å². The summed E-state index contributed by atoms with van der Waals surface area (Å²) in [4.78, 5) is 13.3. The van der Waals surface area contributed by atoms with Crippen molar-refractivity contribution in [2.45, 2.75) is 32.4 Å². The zero-order valence-corrected chi connectivity index (χ0v) is 10.1. The summed E-state index contributed by atoms with van der Waals surface area (Å²) >= 11 is 0. The molecule has 1 N–H and O–H groups in total. The number of phenols is 1. The Morgan fingerprint density at radius 1 is 1.53 bits per heavy atom. The number of benzene rings is 1. The molecule has 4 heteroatoms. The van der Waals surface area contributed by atoms with Crippen molar-refractivity contribution in [3.8, 4) is 5.75 Å². The molecule has 0 saturated carbocycles. The van der Waals surface area contributed by atoms with Gasteiger partial charge in [-0.25, -0.2) is 4.79 Å². The number of nitrogens with zero attached hydrogens (tertiary/aromatic N) is 1. The minimum Gasteiger partial charge on any atom is -0.508 e. The van der Waals surface area contributed by atoms with Crippen molar-refractivity contribution >= 4 is 6.09 Å². The molecule has 1 aromatic carbocycles. The predicted molar refractivity (Wildman–Crippen MR) is 63.9 cm³/mol. The van der Waals surface area contributed by atoms with Crippen molar-refractivity contribution in [3.63, 3.8) is 0 Å². The molecule has 2 rings (SSSR count). The topological polar surface area (TPSA) is 49.8 Å². The predicted octanol–water partition coefficient (Wildman–Crippen LogP) is 2.16. The van der Waals surface area contributed by atoms with Crippen LogP contribution in [0.25, 0.3) is 0 Å². The van der Waals surface area contributed by atoms with Crippen LogP contribution in [0.5, 0.6) is 5.75 Å². The summed E-state index contributed by atoms with van der Waals surface area (Å²) in [5.41, 5.74) is 0.980. The van der Waals surface area contributed by atoms with E-state index in [-0.39, 0.29) is 24.0 Å². The number of carbonyl (C=O) groups is 1. The molecule has 0 bridgehead atoms. The molecule has 0 aliphatic carbocycles. The van der Waals surface area contributed by atoms with Gasteiger partial charge >= 0.3 is 6.09 Å². The fourth-order valence-electron chi connectivity index (χ4n) is 2.02. The van der Waals surface area contributed by atoms with E-state index >= 15 is 0 Å². The third kappa shape index (κ3) is 2.70.